The number of nitrogens with zero attached hydrogens (tertiary/aromatic N) is 2. The van der Waals surface area contributed by atoms with Crippen LogP contribution in [0.5, 0.6) is 0 Å². The number of benzene rings is 1. The van der Waals surface area contributed by atoms with Gasteiger partial charge in [0.2, 0.25) is 5.91 Å². The lowest BCUT2D eigenvalue weighted by atomic mass is 10.0. The van der Waals surface area contributed by atoms with Crippen LogP contribution in [0.15, 0.2) is 30.3 Å². The normalized spacial score (nSPS) is 13.3. The highest BCUT2D eigenvalue weighted by Crippen LogP contribution is 2.25. The molecule has 1 aliphatic rings. The van der Waals surface area contributed by atoms with Crippen molar-refractivity contribution in [1.29, 1.82) is 0 Å². The van der Waals surface area contributed by atoms with E-state index in [-0.39, 0.29) is 22.7 Å². The van der Waals surface area contributed by atoms with Gasteiger partial charge in [0.15, 0.2) is 10.8 Å². The van der Waals surface area contributed by atoms with Gasteiger partial charge in [0.1, 0.15) is 0 Å². The minimum Gasteiger partial charge on any atom is -0.326 e. The smallest absolute Gasteiger partial charge is 0.276 e. The van der Waals surface area contributed by atoms with Gasteiger partial charge in [0.05, 0.1) is 0 Å². The molecule has 2 heterocycles. The molecule has 0 fully saturated rings. The Labute approximate surface area is 125 Å². The fourth-order valence-corrected chi connectivity index (χ4v) is 2.19. The van der Waals surface area contributed by atoms with Crippen LogP contribution in [0.25, 0.3) is 0 Å². The van der Waals surface area contributed by atoms with Crippen molar-refractivity contribution in [3.63, 3.8) is 0 Å². The highest BCUT2D eigenvalue weighted by atomic mass is 35.5. The fourth-order valence-electron chi connectivity index (χ4n) is 2.09. The lowest BCUT2D eigenvalue weighted by Crippen LogP contribution is -2.19. The summed E-state index contributed by atoms with van der Waals surface area (Å²) in [5.41, 5.74) is 2.61. The number of aromatic nitrogens is 2. The first-order chi connectivity index (χ1) is 10.1. The van der Waals surface area contributed by atoms with E-state index in [1.54, 1.807) is 12.1 Å². The number of fused-ring (bicyclic) bond motifs is 1. The standard InChI is InChI=1S/C14H11ClN4O2/c15-12-5-4-11(18-19-12)14(21)16-9-2-3-10-8(7-9)1-6-13(20)17-10/h2-5,7H,1,6H2,(H,16,21)(H,17,20). The average Bonchev–Trinajstić information content (AvgIpc) is 2.48. The second kappa shape index (κ2) is 5.49. The Morgan fingerprint density at radius 2 is 2.05 bits per heavy atom. The number of hydrogen-bond donors (Lipinski definition) is 2. The van der Waals surface area contributed by atoms with Crippen molar-refractivity contribution < 1.29 is 9.59 Å². The monoisotopic (exact) mass is 302 g/mol. The Morgan fingerprint density at radius 3 is 2.81 bits per heavy atom. The molecule has 2 amide bonds. The molecule has 0 atom stereocenters. The Balaban J connectivity index is 1.77. The van der Waals surface area contributed by atoms with Crippen LogP contribution in [-0.4, -0.2) is 22.0 Å². The molecule has 0 aliphatic carbocycles. The van der Waals surface area contributed by atoms with Crippen LogP contribution in [0.2, 0.25) is 5.15 Å². The third kappa shape index (κ3) is 3.00. The summed E-state index contributed by atoms with van der Waals surface area (Å²) in [6.45, 7) is 0. The third-order valence-electron chi connectivity index (χ3n) is 3.12. The van der Waals surface area contributed by atoms with Gasteiger partial charge >= 0.3 is 0 Å². The van der Waals surface area contributed by atoms with Gasteiger partial charge in [-0.15, -0.1) is 10.2 Å². The van der Waals surface area contributed by atoms with Crippen LogP contribution >= 0.6 is 11.6 Å². The molecular formula is C14H11ClN4O2. The van der Waals surface area contributed by atoms with E-state index in [4.69, 9.17) is 11.6 Å². The van der Waals surface area contributed by atoms with Crippen molar-refractivity contribution in [3.8, 4) is 0 Å². The maximum atomic E-state index is 12.0. The van der Waals surface area contributed by atoms with E-state index in [0.717, 1.165) is 11.3 Å². The summed E-state index contributed by atoms with van der Waals surface area (Å²) in [6, 6.07) is 8.35. The molecule has 0 spiro atoms. The summed E-state index contributed by atoms with van der Waals surface area (Å²) in [7, 11) is 0. The van der Waals surface area contributed by atoms with E-state index in [9.17, 15) is 9.59 Å². The van der Waals surface area contributed by atoms with Gasteiger partial charge in [-0.25, -0.2) is 0 Å². The van der Waals surface area contributed by atoms with E-state index in [1.807, 2.05) is 6.07 Å². The van der Waals surface area contributed by atoms with Gasteiger partial charge < -0.3 is 10.6 Å². The average molecular weight is 303 g/mol. The largest absolute Gasteiger partial charge is 0.326 e. The molecule has 6 nitrogen and oxygen atoms in total. The molecule has 2 aromatic rings. The van der Waals surface area contributed by atoms with Crippen LogP contribution in [0, 0.1) is 0 Å². The predicted octanol–water partition coefficient (Wildman–Crippen LogP) is 2.27. The second-order valence-corrected chi connectivity index (χ2v) is 5.00. The first kappa shape index (κ1) is 13.5. The second-order valence-electron chi connectivity index (χ2n) is 4.62. The van der Waals surface area contributed by atoms with E-state index >= 15 is 0 Å². The van der Waals surface area contributed by atoms with Crippen molar-refractivity contribution in [1.82, 2.24) is 10.2 Å². The molecule has 0 unspecified atom stereocenters. The van der Waals surface area contributed by atoms with Gasteiger partial charge in [0.25, 0.3) is 5.91 Å². The molecular weight excluding hydrogens is 292 g/mol. The van der Waals surface area contributed by atoms with E-state index < -0.39 is 0 Å². The highest BCUT2D eigenvalue weighted by Gasteiger charge is 2.16. The fraction of sp³-hybridized carbons (Fsp3) is 0.143. The van der Waals surface area contributed by atoms with Crippen molar-refractivity contribution in [3.05, 3.63) is 46.7 Å². The Kier molecular flexibility index (Phi) is 3.53. The minimum atomic E-state index is -0.362. The van der Waals surface area contributed by atoms with Crippen LogP contribution < -0.4 is 10.6 Å². The molecule has 0 saturated carbocycles. The van der Waals surface area contributed by atoms with Gasteiger partial charge in [-0.1, -0.05) is 11.6 Å². The summed E-state index contributed by atoms with van der Waals surface area (Å²) in [6.07, 6.45) is 1.11. The minimum absolute atomic E-state index is 0.00993. The number of halogens is 1. The number of amides is 2. The van der Waals surface area contributed by atoms with E-state index in [2.05, 4.69) is 20.8 Å². The van der Waals surface area contributed by atoms with E-state index in [0.29, 0.717) is 18.5 Å². The number of hydrogen-bond acceptors (Lipinski definition) is 4. The van der Waals surface area contributed by atoms with Gasteiger partial charge in [0, 0.05) is 17.8 Å². The lowest BCUT2D eigenvalue weighted by molar-refractivity contribution is -0.116. The lowest BCUT2D eigenvalue weighted by Gasteiger charge is -2.17. The molecule has 3 rings (SSSR count). The van der Waals surface area contributed by atoms with Crippen molar-refractivity contribution in [2.45, 2.75) is 12.8 Å². The number of carbonyl (C=O) groups is 2. The SMILES string of the molecule is O=C1CCc2cc(NC(=O)c3ccc(Cl)nn3)ccc2N1. The summed E-state index contributed by atoms with van der Waals surface area (Å²) < 4.78 is 0. The number of carbonyl (C=O) groups excluding carboxylic acids is 2. The zero-order valence-corrected chi connectivity index (χ0v) is 11.6. The zero-order chi connectivity index (χ0) is 14.8. The first-order valence-corrected chi connectivity index (χ1v) is 6.73. The van der Waals surface area contributed by atoms with Gasteiger partial charge in [-0.3, -0.25) is 9.59 Å². The summed E-state index contributed by atoms with van der Waals surface area (Å²) in [4.78, 5) is 23.3. The Bertz CT molecular complexity index is 715. The molecule has 2 N–H and O–H groups in total. The quantitative estimate of drug-likeness (QED) is 0.891. The maximum absolute atomic E-state index is 12.0. The van der Waals surface area contributed by atoms with Crippen molar-refractivity contribution >= 4 is 34.8 Å². The highest BCUT2D eigenvalue weighted by molar-refractivity contribution is 6.29. The molecule has 106 valence electrons. The molecule has 1 aromatic carbocycles. The Hall–Kier alpha value is -2.47. The number of rotatable bonds is 2. The summed E-state index contributed by atoms with van der Waals surface area (Å²) in [5.74, 6) is -0.352. The van der Waals surface area contributed by atoms with Crippen molar-refractivity contribution in [2.75, 3.05) is 10.6 Å². The topological polar surface area (TPSA) is 84.0 Å². The van der Waals surface area contributed by atoms with Crippen LogP contribution in [0.1, 0.15) is 22.5 Å². The van der Waals surface area contributed by atoms with Crippen LogP contribution in [-0.2, 0) is 11.2 Å². The molecule has 0 bridgehead atoms. The first-order valence-electron chi connectivity index (χ1n) is 6.35. The molecule has 0 radical (unpaired) electrons. The third-order valence-corrected chi connectivity index (χ3v) is 3.32. The maximum Gasteiger partial charge on any atom is 0.276 e. The summed E-state index contributed by atoms with van der Waals surface area (Å²) >= 11 is 5.63. The number of anilines is 2. The molecule has 1 aromatic heterocycles. The van der Waals surface area contributed by atoms with E-state index in [1.165, 1.54) is 12.1 Å². The van der Waals surface area contributed by atoms with Gasteiger partial charge in [-0.05, 0) is 42.3 Å². The predicted molar refractivity (Wildman–Crippen MR) is 78.4 cm³/mol. The van der Waals surface area contributed by atoms with Gasteiger partial charge in [-0.2, -0.15) is 0 Å². The molecule has 0 saturated heterocycles. The van der Waals surface area contributed by atoms with Crippen LogP contribution in [0.3, 0.4) is 0 Å². The molecule has 7 heteroatoms. The molecule has 1 aliphatic heterocycles. The molecule has 21 heavy (non-hydrogen) atoms. The number of nitrogens with one attached hydrogen (secondary N) is 2. The zero-order valence-electron chi connectivity index (χ0n) is 10.9. The summed E-state index contributed by atoms with van der Waals surface area (Å²) in [5, 5.41) is 13.1. The number of aryl methyl sites for hydroxylation is 1. The Morgan fingerprint density at radius 1 is 1.19 bits per heavy atom. The van der Waals surface area contributed by atoms with Crippen LogP contribution in [0.4, 0.5) is 11.4 Å². The van der Waals surface area contributed by atoms with Crippen molar-refractivity contribution in [2.24, 2.45) is 0 Å².